The molecule has 1 N–H and O–H groups in total. The van der Waals surface area contributed by atoms with Crippen molar-refractivity contribution in [3.05, 3.63) is 121 Å². The summed E-state index contributed by atoms with van der Waals surface area (Å²) in [5.41, 5.74) is 1.67. The van der Waals surface area contributed by atoms with Crippen LogP contribution >= 0.6 is 0 Å². The molecule has 1 amide bonds. The molecule has 0 radical (unpaired) electrons. The maximum absolute atomic E-state index is 13.8. The van der Waals surface area contributed by atoms with Crippen molar-refractivity contribution in [2.75, 3.05) is 31.1 Å². The predicted molar refractivity (Wildman–Crippen MR) is 173 cm³/mol. The van der Waals surface area contributed by atoms with E-state index in [9.17, 15) is 22.3 Å². The summed E-state index contributed by atoms with van der Waals surface area (Å²) in [4.78, 5) is 25.6. The highest BCUT2D eigenvalue weighted by Crippen LogP contribution is 2.29. The van der Waals surface area contributed by atoms with Gasteiger partial charge in [-0.1, -0.05) is 50.9 Å². The molecular formula is C33H31N5O6S2. The van der Waals surface area contributed by atoms with E-state index in [-0.39, 0.29) is 27.9 Å². The van der Waals surface area contributed by atoms with Gasteiger partial charge in [-0.15, -0.1) is 4.72 Å². The highest BCUT2D eigenvalue weighted by atomic mass is 32.3. The number of hydrogen-bond donors (Lipinski definition) is 1. The van der Waals surface area contributed by atoms with Crippen LogP contribution in [0.1, 0.15) is 5.56 Å². The molecule has 11 nitrogen and oxygen atoms in total. The van der Waals surface area contributed by atoms with Gasteiger partial charge in [0.1, 0.15) is 6.04 Å². The molecular weight excluding hydrogens is 627 g/mol. The molecule has 1 aliphatic rings. The van der Waals surface area contributed by atoms with Crippen molar-refractivity contribution >= 4 is 43.3 Å². The molecule has 3 atom stereocenters. The Hall–Kier alpha value is -4.53. The zero-order valence-electron chi connectivity index (χ0n) is 24.6. The van der Waals surface area contributed by atoms with Crippen molar-refractivity contribution in [3.63, 3.8) is 0 Å². The summed E-state index contributed by atoms with van der Waals surface area (Å²) in [5.74, 6) is -0.279. The zero-order chi connectivity index (χ0) is 32.1. The van der Waals surface area contributed by atoms with Crippen LogP contribution in [0.5, 0.6) is 5.75 Å². The van der Waals surface area contributed by atoms with E-state index in [1.54, 1.807) is 41.4 Å². The average molecular weight is 658 g/mol. The second kappa shape index (κ2) is 13.4. The molecule has 46 heavy (non-hydrogen) atoms. The number of amides is 1. The first-order valence-electron chi connectivity index (χ1n) is 14.6. The fraction of sp³-hybridized carbons (Fsp3) is 0.182. The maximum atomic E-state index is 13.8. The van der Waals surface area contributed by atoms with Crippen LogP contribution in [-0.4, -0.2) is 62.1 Å². The lowest BCUT2D eigenvalue weighted by atomic mass is 10.0. The smallest absolute Gasteiger partial charge is 0.269 e. The second-order valence-electron chi connectivity index (χ2n) is 10.7. The molecule has 3 aromatic carbocycles. The van der Waals surface area contributed by atoms with Gasteiger partial charge in [-0.05, 0) is 54.1 Å². The number of carbonyl (C=O) groups is 1. The Labute approximate surface area is 269 Å². The summed E-state index contributed by atoms with van der Waals surface area (Å²) in [6.07, 6.45) is 5.81. The number of benzene rings is 3. The quantitative estimate of drug-likeness (QED) is 0.219. The molecule has 2 aromatic heterocycles. The van der Waals surface area contributed by atoms with Crippen LogP contribution < -0.4 is 13.8 Å². The Bertz CT molecular complexity index is 1900. The monoisotopic (exact) mass is 657 g/mol. The van der Waals surface area contributed by atoms with Crippen LogP contribution in [0.15, 0.2) is 126 Å². The summed E-state index contributed by atoms with van der Waals surface area (Å²) in [6, 6.07) is 24.4. The fourth-order valence-corrected chi connectivity index (χ4v) is 7.69. The summed E-state index contributed by atoms with van der Waals surface area (Å²) in [6.45, 7) is 2.05. The van der Waals surface area contributed by atoms with Gasteiger partial charge in [0.05, 0.1) is 6.20 Å². The fourth-order valence-electron chi connectivity index (χ4n) is 5.38. The van der Waals surface area contributed by atoms with Crippen LogP contribution in [0.2, 0.25) is 0 Å². The van der Waals surface area contributed by atoms with E-state index in [1.165, 1.54) is 48.9 Å². The van der Waals surface area contributed by atoms with E-state index >= 15 is 0 Å². The highest BCUT2D eigenvalue weighted by Gasteiger charge is 2.34. The van der Waals surface area contributed by atoms with Crippen molar-refractivity contribution in [1.82, 2.24) is 19.6 Å². The first kappa shape index (κ1) is 31.5. The number of hydrogen-bond acceptors (Lipinski definition) is 9. The zero-order valence-corrected chi connectivity index (χ0v) is 26.3. The van der Waals surface area contributed by atoms with Gasteiger partial charge in [0.25, 0.3) is 10.5 Å². The lowest BCUT2D eigenvalue weighted by molar-refractivity contribution is -0.133. The minimum Gasteiger partial charge on any atom is -0.593 e. The number of piperazine rings is 1. The van der Waals surface area contributed by atoms with Gasteiger partial charge in [-0.25, -0.2) is 0 Å². The SMILES string of the molecule is O=C([C@H](Cc1ccc(O[S+](=O)([O-])c2cccc3cnccc23)cc1)N[S+](=O)([O-])c1cccnc1)N1CCN(c2ccccc2)CC1. The predicted octanol–water partition coefficient (Wildman–Crippen LogP) is 4.07. The number of anilines is 1. The number of carbonyl (C=O) groups excluding carboxylic acids is 1. The van der Waals surface area contributed by atoms with Gasteiger partial charge in [-0.3, -0.25) is 18.9 Å². The first-order valence-corrected chi connectivity index (χ1v) is 17.5. The van der Waals surface area contributed by atoms with Gasteiger partial charge in [-0.2, -0.15) is 0 Å². The van der Waals surface area contributed by atoms with Crippen LogP contribution in [0.3, 0.4) is 0 Å². The molecule has 2 unspecified atom stereocenters. The third-order valence-electron chi connectivity index (χ3n) is 7.73. The molecule has 0 saturated carbocycles. The summed E-state index contributed by atoms with van der Waals surface area (Å²) in [7, 11) is -8.25. The summed E-state index contributed by atoms with van der Waals surface area (Å²) < 4.78 is 60.9. The van der Waals surface area contributed by atoms with E-state index in [0.29, 0.717) is 42.5 Å². The van der Waals surface area contributed by atoms with Crippen LogP contribution in [0, 0.1) is 0 Å². The van der Waals surface area contributed by atoms with Gasteiger partial charge in [0.2, 0.25) is 10.8 Å². The van der Waals surface area contributed by atoms with Crippen LogP contribution in [0.4, 0.5) is 5.69 Å². The van der Waals surface area contributed by atoms with Gasteiger partial charge in [0.15, 0.2) is 21.0 Å². The average Bonchev–Trinajstić information content (AvgIpc) is 3.09. The third kappa shape index (κ3) is 7.14. The molecule has 236 valence electrons. The summed E-state index contributed by atoms with van der Waals surface area (Å²) >= 11 is 0. The van der Waals surface area contributed by atoms with E-state index in [0.717, 1.165) is 5.69 Å². The van der Waals surface area contributed by atoms with Gasteiger partial charge in [0, 0.05) is 67.7 Å². The first-order chi connectivity index (χ1) is 22.2. The molecule has 0 spiro atoms. The van der Waals surface area contributed by atoms with Crippen LogP contribution in [0.25, 0.3) is 10.8 Å². The Kier molecular flexibility index (Phi) is 9.20. The molecule has 13 heteroatoms. The molecule has 6 rings (SSSR count). The Morgan fingerprint density at radius 3 is 2.28 bits per heavy atom. The van der Waals surface area contributed by atoms with Crippen LogP contribution in [-0.2, 0) is 40.5 Å². The second-order valence-corrected chi connectivity index (χ2v) is 14.0. The molecule has 1 aliphatic heterocycles. The molecule has 5 aromatic rings. The number of rotatable bonds is 10. The van der Waals surface area contributed by atoms with E-state index in [4.69, 9.17) is 4.18 Å². The largest absolute Gasteiger partial charge is 0.593 e. The number of para-hydroxylation sites is 1. The van der Waals surface area contributed by atoms with E-state index in [2.05, 4.69) is 19.6 Å². The van der Waals surface area contributed by atoms with Crippen molar-refractivity contribution in [2.45, 2.75) is 22.3 Å². The molecule has 3 heterocycles. The van der Waals surface area contributed by atoms with Crippen molar-refractivity contribution in [3.8, 4) is 5.75 Å². The number of pyridine rings is 2. The maximum Gasteiger partial charge on any atom is 0.269 e. The van der Waals surface area contributed by atoms with Gasteiger partial charge < -0.3 is 18.9 Å². The van der Waals surface area contributed by atoms with Crippen molar-refractivity contribution in [1.29, 1.82) is 0 Å². The molecule has 1 saturated heterocycles. The molecule has 1 fully saturated rings. The van der Waals surface area contributed by atoms with E-state index in [1.807, 2.05) is 30.3 Å². The Morgan fingerprint density at radius 1 is 0.826 bits per heavy atom. The standard InChI is InChI=1S/C33H31N5O6S2/c39-33(38-20-18-37(19-21-38)27-7-2-1-3-8-27)31(36-45(40,41)29-9-5-16-34-24-29)22-25-11-13-28(14-12-25)44-46(42,43)32-10-4-6-26-23-35-17-15-30(26)32/h1-17,23-24,31H,18-22H2,(H-2,36,40,41,42,43)/t31-/m0/s1. The minimum absolute atomic E-state index is 0.0132. The Balaban J connectivity index is 1.19. The number of aromatic nitrogens is 2. The Morgan fingerprint density at radius 2 is 1.57 bits per heavy atom. The number of fused-ring (bicyclic) bond motifs is 1. The minimum atomic E-state index is -4.17. The molecule has 0 bridgehead atoms. The number of sulfonamides is 1. The topological polar surface area (TPSA) is 151 Å². The number of nitrogens with one attached hydrogen (secondary N) is 1. The molecule has 0 aliphatic carbocycles. The van der Waals surface area contributed by atoms with E-state index < -0.39 is 26.9 Å². The number of nitrogens with zero attached hydrogens (tertiary/aromatic N) is 4. The lowest BCUT2D eigenvalue weighted by Crippen LogP contribution is -2.56. The highest BCUT2D eigenvalue weighted by molar-refractivity contribution is 7.95. The third-order valence-corrected chi connectivity index (χ3v) is 10.5. The van der Waals surface area contributed by atoms with Gasteiger partial charge >= 0.3 is 0 Å². The normalized spacial score (nSPS) is 16.7. The van der Waals surface area contributed by atoms with Crippen molar-refractivity contribution < 1.29 is 26.5 Å². The van der Waals surface area contributed by atoms with Crippen molar-refractivity contribution in [2.24, 2.45) is 0 Å². The summed E-state index contributed by atoms with van der Waals surface area (Å²) in [5, 5.41) is 1.15. The lowest BCUT2D eigenvalue weighted by Gasteiger charge is -2.37.